The number of aliphatic hydroxyl groups is 3. The van der Waals surface area contributed by atoms with Gasteiger partial charge in [0.05, 0.1) is 17.3 Å². The van der Waals surface area contributed by atoms with Gasteiger partial charge in [0.15, 0.2) is 5.34 Å². The van der Waals surface area contributed by atoms with Crippen molar-refractivity contribution in [1.82, 2.24) is 9.55 Å². The van der Waals surface area contributed by atoms with Crippen molar-refractivity contribution in [3.8, 4) is 0 Å². The van der Waals surface area contributed by atoms with Crippen LogP contribution < -0.4 is 11.2 Å². The summed E-state index contributed by atoms with van der Waals surface area (Å²) in [6.45, 7) is 6.42. The Balaban J connectivity index is 2.28. The van der Waals surface area contributed by atoms with Gasteiger partial charge in [-0.2, -0.15) is 0 Å². The molecule has 0 saturated carbocycles. The normalized spacial score (nSPS) is 28.3. The van der Waals surface area contributed by atoms with Gasteiger partial charge in [-0.15, -0.1) is 0 Å². The Bertz CT molecular complexity index is 941. The van der Waals surface area contributed by atoms with Crippen molar-refractivity contribution < 1.29 is 34.0 Å². The first-order valence-electron chi connectivity index (χ1n) is 10.3. The number of nitrogens with one attached hydrogen (secondary N) is 1. The van der Waals surface area contributed by atoms with Crippen LogP contribution in [0.2, 0.25) is 0 Å². The molecule has 12 heteroatoms. The van der Waals surface area contributed by atoms with Crippen LogP contribution in [-0.4, -0.2) is 59.0 Å². The van der Waals surface area contributed by atoms with Gasteiger partial charge in [-0.3, -0.25) is 14.3 Å². The zero-order valence-corrected chi connectivity index (χ0v) is 19.3. The Hall–Kier alpha value is -1.33. The molecule has 6 unspecified atom stereocenters. The van der Waals surface area contributed by atoms with E-state index in [1.54, 1.807) is 27.7 Å². The number of ether oxygens (including phenoxy) is 1. The van der Waals surface area contributed by atoms with E-state index in [0.29, 0.717) is 0 Å². The predicted octanol–water partition coefficient (Wildman–Crippen LogP) is 0.505. The van der Waals surface area contributed by atoms with Gasteiger partial charge in [-0.05, 0) is 26.2 Å². The quantitative estimate of drug-likeness (QED) is 0.326. The van der Waals surface area contributed by atoms with E-state index in [9.17, 15) is 34.4 Å². The molecular formula is C19H33N2O9P. The second kappa shape index (κ2) is 9.27. The largest absolute Gasteiger partial charge is 0.388 e. The molecule has 0 radical (unpaired) electrons. The average molecular weight is 464 g/mol. The molecule has 1 aromatic heterocycles. The molecule has 1 saturated heterocycles. The van der Waals surface area contributed by atoms with Crippen LogP contribution in [0.1, 0.15) is 65.0 Å². The molecule has 2 heterocycles. The fraction of sp³-hybridized carbons (Fsp3) is 0.789. The standard InChI is InChI=1S/C19H33N2O9P/c1-6-18(4,30-31(27,28)19(26,7-2)8-3)9-12-13(22)14(23)15(29-12)11-10-21(5)17(25)20-16(11)24/h10,12-15,22-23,26H,6-9H2,1-5H3,(H,27,28)(H,20,24,25). The van der Waals surface area contributed by atoms with Crippen molar-refractivity contribution >= 4 is 7.60 Å². The molecule has 0 bridgehead atoms. The number of rotatable bonds is 9. The number of hydrogen-bond acceptors (Lipinski definition) is 8. The number of aromatic amines is 1. The Kier molecular flexibility index (Phi) is 7.75. The highest BCUT2D eigenvalue weighted by Gasteiger charge is 2.51. The first kappa shape index (κ1) is 25.9. The zero-order valence-electron chi connectivity index (χ0n) is 18.4. The third-order valence-electron chi connectivity index (χ3n) is 6.19. The number of aromatic nitrogens is 2. The van der Waals surface area contributed by atoms with Crippen LogP contribution in [0, 0.1) is 0 Å². The second-order valence-electron chi connectivity index (χ2n) is 8.34. The van der Waals surface area contributed by atoms with Crippen LogP contribution in [0.4, 0.5) is 0 Å². The number of nitrogens with zero attached hydrogens (tertiary/aromatic N) is 1. The first-order chi connectivity index (χ1) is 14.2. The maximum absolute atomic E-state index is 12.8. The third kappa shape index (κ3) is 5.03. The topological polar surface area (TPSA) is 171 Å². The number of hydrogen-bond donors (Lipinski definition) is 5. The average Bonchev–Trinajstić information content (AvgIpc) is 2.97. The van der Waals surface area contributed by atoms with E-state index in [4.69, 9.17) is 9.26 Å². The summed E-state index contributed by atoms with van der Waals surface area (Å²) in [4.78, 5) is 36.3. The molecule has 2 rings (SSSR count). The van der Waals surface area contributed by atoms with Crippen molar-refractivity contribution in [2.75, 3.05) is 0 Å². The Labute approximate surface area is 180 Å². The van der Waals surface area contributed by atoms with Crippen LogP contribution in [0.3, 0.4) is 0 Å². The minimum Gasteiger partial charge on any atom is -0.388 e. The van der Waals surface area contributed by atoms with Gasteiger partial charge in [0.1, 0.15) is 18.3 Å². The molecule has 11 nitrogen and oxygen atoms in total. The summed E-state index contributed by atoms with van der Waals surface area (Å²) < 4.78 is 25.3. The van der Waals surface area contributed by atoms with Gasteiger partial charge >= 0.3 is 13.3 Å². The van der Waals surface area contributed by atoms with Crippen LogP contribution >= 0.6 is 7.60 Å². The van der Waals surface area contributed by atoms with Gasteiger partial charge in [0.2, 0.25) is 0 Å². The predicted molar refractivity (Wildman–Crippen MR) is 112 cm³/mol. The summed E-state index contributed by atoms with van der Waals surface area (Å²) in [6, 6.07) is 0. The molecule has 178 valence electrons. The zero-order chi connectivity index (χ0) is 23.8. The summed E-state index contributed by atoms with van der Waals surface area (Å²) in [5.41, 5.74) is -2.69. The highest BCUT2D eigenvalue weighted by Crippen LogP contribution is 2.60. The van der Waals surface area contributed by atoms with E-state index >= 15 is 0 Å². The Morgan fingerprint density at radius 1 is 1.19 bits per heavy atom. The molecule has 6 atom stereocenters. The van der Waals surface area contributed by atoms with Crippen molar-refractivity contribution in [2.45, 2.75) is 88.7 Å². The SMILES string of the molecule is CCC(C)(CC1OC(c2cn(C)c(=O)[nH]c2=O)C(O)C1O)OP(=O)(O)C(O)(CC)CC. The molecule has 5 N–H and O–H groups in total. The smallest absolute Gasteiger partial charge is 0.359 e. The van der Waals surface area contributed by atoms with Crippen molar-refractivity contribution in [3.63, 3.8) is 0 Å². The fourth-order valence-electron chi connectivity index (χ4n) is 3.67. The van der Waals surface area contributed by atoms with Crippen LogP contribution in [-0.2, 0) is 20.9 Å². The molecule has 1 aromatic rings. The summed E-state index contributed by atoms with van der Waals surface area (Å²) in [6.07, 6.45) is -3.71. The molecule has 1 fully saturated rings. The van der Waals surface area contributed by atoms with E-state index < -0.39 is 54.2 Å². The van der Waals surface area contributed by atoms with Gasteiger partial charge in [-0.1, -0.05) is 20.8 Å². The molecule has 0 aliphatic carbocycles. The number of H-pyrrole nitrogens is 1. The summed E-state index contributed by atoms with van der Waals surface area (Å²) >= 11 is 0. The van der Waals surface area contributed by atoms with Crippen molar-refractivity contribution in [1.29, 1.82) is 0 Å². The van der Waals surface area contributed by atoms with Gasteiger partial charge in [0, 0.05) is 19.7 Å². The number of aryl methyl sites for hydroxylation is 1. The maximum Gasteiger partial charge on any atom is 0.359 e. The molecule has 31 heavy (non-hydrogen) atoms. The molecule has 1 aliphatic rings. The van der Waals surface area contributed by atoms with Crippen molar-refractivity contribution in [3.05, 3.63) is 32.6 Å². The van der Waals surface area contributed by atoms with Gasteiger partial charge in [-0.25, -0.2) is 4.79 Å². The van der Waals surface area contributed by atoms with Crippen molar-refractivity contribution in [2.24, 2.45) is 7.05 Å². The minimum absolute atomic E-state index is 0.00984. The highest BCUT2D eigenvalue weighted by molar-refractivity contribution is 7.54. The lowest BCUT2D eigenvalue weighted by Gasteiger charge is -2.38. The molecule has 0 aromatic carbocycles. The lowest BCUT2D eigenvalue weighted by Crippen LogP contribution is -2.40. The minimum atomic E-state index is -4.47. The fourth-order valence-corrected chi connectivity index (χ4v) is 5.44. The summed E-state index contributed by atoms with van der Waals surface area (Å²) in [5, 5.41) is 29.6. The number of aliphatic hydroxyl groups excluding tert-OH is 2. The monoisotopic (exact) mass is 464 g/mol. The third-order valence-corrected chi connectivity index (χ3v) is 8.56. The van der Waals surface area contributed by atoms with E-state index in [1.165, 1.54) is 13.2 Å². The van der Waals surface area contributed by atoms with Gasteiger partial charge < -0.3 is 34.0 Å². The molecule has 0 amide bonds. The van der Waals surface area contributed by atoms with E-state index in [2.05, 4.69) is 4.98 Å². The lowest BCUT2D eigenvalue weighted by atomic mass is 9.92. The first-order valence-corrected chi connectivity index (χ1v) is 11.9. The highest BCUT2D eigenvalue weighted by atomic mass is 31.2. The van der Waals surface area contributed by atoms with E-state index in [0.717, 1.165) is 4.57 Å². The maximum atomic E-state index is 12.8. The molecule has 1 aliphatic heterocycles. The van der Waals surface area contributed by atoms with E-state index in [1.807, 2.05) is 0 Å². The van der Waals surface area contributed by atoms with Gasteiger partial charge in [0.25, 0.3) is 5.56 Å². The summed E-state index contributed by atoms with van der Waals surface area (Å²) in [7, 11) is -3.06. The van der Waals surface area contributed by atoms with Crippen LogP contribution in [0.5, 0.6) is 0 Å². The Morgan fingerprint density at radius 3 is 2.29 bits per heavy atom. The molecular weight excluding hydrogens is 431 g/mol. The summed E-state index contributed by atoms with van der Waals surface area (Å²) in [5.74, 6) is 0. The molecule has 0 spiro atoms. The lowest BCUT2D eigenvalue weighted by molar-refractivity contribution is -0.0546. The Morgan fingerprint density at radius 2 is 1.77 bits per heavy atom. The van der Waals surface area contributed by atoms with E-state index in [-0.39, 0.29) is 31.2 Å². The second-order valence-corrected chi connectivity index (χ2v) is 10.4. The van der Waals surface area contributed by atoms with Crippen LogP contribution in [0.15, 0.2) is 15.8 Å². The van der Waals surface area contributed by atoms with Crippen LogP contribution in [0.25, 0.3) is 0 Å².